The number of thiocarbonyl (C=S) groups is 1. The van der Waals surface area contributed by atoms with Gasteiger partial charge in [-0.2, -0.15) is 4.98 Å². The Morgan fingerprint density at radius 3 is 3.22 bits per heavy atom. The van der Waals surface area contributed by atoms with Gasteiger partial charge in [-0.25, -0.2) is 4.98 Å². The SMILES string of the molecule is S=COc1n[c]ccn1. The van der Waals surface area contributed by atoms with Crippen LogP contribution in [0.2, 0.25) is 0 Å². The van der Waals surface area contributed by atoms with E-state index in [9.17, 15) is 0 Å². The monoisotopic (exact) mass is 139 g/mol. The van der Waals surface area contributed by atoms with E-state index in [1.54, 1.807) is 6.07 Å². The van der Waals surface area contributed by atoms with Gasteiger partial charge in [0.25, 0.3) is 0 Å². The summed E-state index contributed by atoms with van der Waals surface area (Å²) in [7, 11) is 0. The lowest BCUT2D eigenvalue weighted by molar-refractivity contribution is 0.531. The molecular weight excluding hydrogens is 136 g/mol. The second-order valence-electron chi connectivity index (χ2n) is 1.18. The van der Waals surface area contributed by atoms with Crippen molar-refractivity contribution in [3.63, 3.8) is 0 Å². The van der Waals surface area contributed by atoms with Crippen molar-refractivity contribution in [1.82, 2.24) is 9.97 Å². The van der Waals surface area contributed by atoms with Crippen molar-refractivity contribution in [2.24, 2.45) is 0 Å². The Balaban J connectivity index is 2.72. The van der Waals surface area contributed by atoms with Crippen LogP contribution in [-0.4, -0.2) is 15.5 Å². The third kappa shape index (κ3) is 1.73. The maximum atomic E-state index is 4.64. The lowest BCUT2D eigenvalue weighted by Crippen LogP contribution is -1.91. The van der Waals surface area contributed by atoms with Crippen LogP contribution in [0.5, 0.6) is 6.01 Å². The summed E-state index contributed by atoms with van der Waals surface area (Å²) in [4.78, 5) is 7.32. The fourth-order valence-corrected chi connectivity index (χ4v) is 0.442. The second kappa shape index (κ2) is 3.09. The van der Waals surface area contributed by atoms with Crippen molar-refractivity contribution >= 4 is 17.8 Å². The van der Waals surface area contributed by atoms with Crippen molar-refractivity contribution in [2.45, 2.75) is 0 Å². The molecule has 0 saturated heterocycles. The molecule has 0 N–H and O–H groups in total. The fraction of sp³-hybridized carbons (Fsp3) is 0. The Bertz CT molecular complexity index is 189. The van der Waals surface area contributed by atoms with E-state index in [1.807, 2.05) is 0 Å². The third-order valence-electron chi connectivity index (χ3n) is 0.648. The van der Waals surface area contributed by atoms with Gasteiger partial charge in [0.1, 0.15) is 0 Å². The zero-order chi connectivity index (χ0) is 6.53. The van der Waals surface area contributed by atoms with Crippen LogP contribution in [0.4, 0.5) is 0 Å². The average molecular weight is 139 g/mol. The fourth-order valence-electron chi connectivity index (χ4n) is 0.356. The molecule has 1 aromatic rings. The third-order valence-corrected chi connectivity index (χ3v) is 0.744. The Labute approximate surface area is 57.7 Å². The molecule has 3 nitrogen and oxygen atoms in total. The van der Waals surface area contributed by atoms with Gasteiger partial charge in [-0.3, -0.25) is 0 Å². The normalized spacial score (nSPS) is 8.44. The molecule has 9 heavy (non-hydrogen) atoms. The van der Waals surface area contributed by atoms with Crippen molar-refractivity contribution in [1.29, 1.82) is 0 Å². The smallest absolute Gasteiger partial charge is 0.322 e. The number of nitrogens with zero attached hydrogens (tertiary/aromatic N) is 2. The van der Waals surface area contributed by atoms with Gasteiger partial charge in [0.15, 0.2) is 5.55 Å². The highest BCUT2D eigenvalue weighted by Gasteiger charge is 1.87. The summed E-state index contributed by atoms with van der Waals surface area (Å²) in [6, 6.07) is 1.81. The number of hydrogen-bond acceptors (Lipinski definition) is 4. The zero-order valence-corrected chi connectivity index (χ0v) is 5.26. The van der Waals surface area contributed by atoms with Crippen molar-refractivity contribution in [3.8, 4) is 6.01 Å². The van der Waals surface area contributed by atoms with Crippen LogP contribution in [0.1, 0.15) is 0 Å². The summed E-state index contributed by atoms with van der Waals surface area (Å²) >= 11 is 4.39. The van der Waals surface area contributed by atoms with Gasteiger partial charge in [-0.05, 0) is 18.3 Å². The molecule has 4 heteroatoms. The second-order valence-corrected chi connectivity index (χ2v) is 1.37. The van der Waals surface area contributed by atoms with Crippen LogP contribution >= 0.6 is 12.2 Å². The molecule has 1 heterocycles. The summed E-state index contributed by atoms with van der Waals surface area (Å²) < 4.78 is 4.64. The lowest BCUT2D eigenvalue weighted by Gasteiger charge is -1.90. The Hall–Kier alpha value is -1.03. The Morgan fingerprint density at radius 1 is 1.78 bits per heavy atom. The minimum absolute atomic E-state index is 0.229. The van der Waals surface area contributed by atoms with Gasteiger partial charge in [0, 0.05) is 6.20 Å². The van der Waals surface area contributed by atoms with E-state index in [1.165, 1.54) is 6.20 Å². The summed E-state index contributed by atoms with van der Waals surface area (Å²) in [6.07, 6.45) is 4.07. The number of ether oxygens (including phenoxy) is 1. The molecule has 0 amide bonds. The number of hydrogen-bond donors (Lipinski definition) is 0. The largest absolute Gasteiger partial charge is 0.420 e. The van der Waals surface area contributed by atoms with Crippen LogP contribution in [0.3, 0.4) is 0 Å². The Kier molecular flexibility index (Phi) is 2.09. The zero-order valence-electron chi connectivity index (χ0n) is 4.44. The molecule has 1 aromatic heterocycles. The van der Waals surface area contributed by atoms with Crippen LogP contribution < -0.4 is 4.74 Å². The molecular formula is C5H3N2OS. The van der Waals surface area contributed by atoms with Crippen LogP contribution in [-0.2, 0) is 0 Å². The van der Waals surface area contributed by atoms with Crippen LogP contribution in [0.25, 0.3) is 0 Å². The van der Waals surface area contributed by atoms with E-state index in [0.29, 0.717) is 0 Å². The van der Waals surface area contributed by atoms with Gasteiger partial charge < -0.3 is 4.74 Å². The number of rotatable bonds is 2. The molecule has 0 aliphatic carbocycles. The van der Waals surface area contributed by atoms with E-state index in [0.717, 1.165) is 5.55 Å². The van der Waals surface area contributed by atoms with Gasteiger partial charge in [0.2, 0.25) is 0 Å². The topological polar surface area (TPSA) is 35.0 Å². The van der Waals surface area contributed by atoms with Crippen molar-refractivity contribution in [3.05, 3.63) is 18.5 Å². The van der Waals surface area contributed by atoms with Crippen LogP contribution in [0, 0.1) is 6.20 Å². The number of aromatic nitrogens is 2. The molecule has 0 fully saturated rings. The highest BCUT2D eigenvalue weighted by atomic mass is 32.1. The van der Waals surface area contributed by atoms with E-state index in [4.69, 9.17) is 0 Å². The molecule has 0 saturated carbocycles. The molecule has 1 radical (unpaired) electrons. The minimum Gasteiger partial charge on any atom is -0.420 e. The van der Waals surface area contributed by atoms with Crippen molar-refractivity contribution < 1.29 is 4.74 Å². The first-order valence-electron chi connectivity index (χ1n) is 2.23. The maximum Gasteiger partial charge on any atom is 0.322 e. The molecule has 0 aliphatic heterocycles. The van der Waals surface area contributed by atoms with E-state index >= 15 is 0 Å². The van der Waals surface area contributed by atoms with Gasteiger partial charge >= 0.3 is 6.01 Å². The van der Waals surface area contributed by atoms with E-state index < -0.39 is 0 Å². The quantitative estimate of drug-likeness (QED) is 0.562. The maximum absolute atomic E-state index is 4.64. The highest BCUT2D eigenvalue weighted by Crippen LogP contribution is 1.93. The molecule has 45 valence electrons. The Morgan fingerprint density at radius 2 is 2.67 bits per heavy atom. The highest BCUT2D eigenvalue weighted by molar-refractivity contribution is 7.78. The minimum atomic E-state index is 0.229. The van der Waals surface area contributed by atoms with Crippen LogP contribution in [0.15, 0.2) is 12.3 Å². The van der Waals surface area contributed by atoms with Gasteiger partial charge in [-0.1, -0.05) is 0 Å². The molecule has 0 atom stereocenters. The summed E-state index contributed by atoms with van der Waals surface area (Å²) in [5, 5.41) is 0. The summed E-state index contributed by atoms with van der Waals surface area (Å²) in [5.41, 5.74) is 1.10. The molecule has 0 unspecified atom stereocenters. The van der Waals surface area contributed by atoms with E-state index in [-0.39, 0.29) is 6.01 Å². The first-order chi connectivity index (χ1) is 4.43. The van der Waals surface area contributed by atoms with Gasteiger partial charge in [-0.15, -0.1) is 0 Å². The van der Waals surface area contributed by atoms with Crippen molar-refractivity contribution in [2.75, 3.05) is 0 Å². The van der Waals surface area contributed by atoms with E-state index in [2.05, 4.69) is 33.1 Å². The lowest BCUT2D eigenvalue weighted by atomic mass is 10.7. The standard InChI is InChI=1S/C5H3N2OS/c9-4-8-5-6-2-1-3-7-5/h1-2,4H. The first kappa shape index (κ1) is 6.10. The van der Waals surface area contributed by atoms with Gasteiger partial charge in [0.05, 0.1) is 6.20 Å². The first-order valence-corrected chi connectivity index (χ1v) is 2.70. The molecule has 0 spiro atoms. The molecule has 0 bridgehead atoms. The molecule has 0 aromatic carbocycles. The summed E-state index contributed by atoms with van der Waals surface area (Å²) in [5.74, 6) is 0. The molecule has 1 rings (SSSR count). The summed E-state index contributed by atoms with van der Waals surface area (Å²) in [6.45, 7) is 0. The average Bonchev–Trinajstić information content (AvgIpc) is 1.91. The predicted octanol–water partition coefficient (Wildman–Crippen LogP) is 0.613. The molecule has 0 aliphatic rings. The predicted molar refractivity (Wildman–Crippen MR) is 35.2 cm³/mol.